The van der Waals surface area contributed by atoms with Crippen LogP contribution in [-0.2, 0) is 0 Å². The minimum absolute atomic E-state index is 0.00108. The van der Waals surface area contributed by atoms with E-state index in [1.807, 2.05) is 0 Å². The first-order chi connectivity index (χ1) is 8.11. The predicted octanol–water partition coefficient (Wildman–Crippen LogP) is 3.35. The number of phenolic OH excluding ortho intramolecular Hbond substituents is 1. The number of hydrogen-bond acceptors (Lipinski definition) is 2. The lowest BCUT2D eigenvalue weighted by atomic mass is 10.0. The molecule has 0 saturated carbocycles. The lowest BCUT2D eigenvalue weighted by Crippen LogP contribution is -1.87. The fraction of sp³-hybridized carbons (Fsp3) is 0.0769. The summed E-state index contributed by atoms with van der Waals surface area (Å²) < 4.78 is 30.8. The normalized spacial score (nSPS) is 10.3. The molecule has 0 bridgehead atoms. The maximum absolute atomic E-state index is 13.1. The molecule has 0 fully saturated rings. The molecule has 1 N–H and O–H groups in total. The third-order valence-electron chi connectivity index (χ3n) is 2.43. The van der Waals surface area contributed by atoms with Crippen molar-refractivity contribution in [1.82, 2.24) is 0 Å². The van der Waals surface area contributed by atoms with Gasteiger partial charge in [-0.1, -0.05) is 12.1 Å². The minimum atomic E-state index is -0.908. The topological polar surface area (TPSA) is 29.5 Å². The Morgan fingerprint density at radius 2 is 1.59 bits per heavy atom. The minimum Gasteiger partial charge on any atom is -0.504 e. The van der Waals surface area contributed by atoms with Crippen LogP contribution in [0.5, 0.6) is 11.5 Å². The molecular weight excluding hydrogens is 226 g/mol. The lowest BCUT2D eigenvalue weighted by molar-refractivity contribution is 0.373. The molecule has 0 aliphatic heterocycles. The SMILES string of the molecule is COc1cc(-c2ccc(F)c(F)c2)ccc1O. The number of aromatic hydroxyl groups is 1. The number of ether oxygens (including phenoxy) is 1. The molecular formula is C13H10F2O2. The molecule has 2 rings (SSSR count). The van der Waals surface area contributed by atoms with Gasteiger partial charge in [0.25, 0.3) is 0 Å². The van der Waals surface area contributed by atoms with Gasteiger partial charge in [0.05, 0.1) is 7.11 Å². The number of halogens is 2. The summed E-state index contributed by atoms with van der Waals surface area (Å²) in [4.78, 5) is 0. The standard InChI is InChI=1S/C13H10F2O2/c1-17-13-7-9(3-5-12(13)16)8-2-4-10(14)11(15)6-8/h2-7,16H,1H3. The number of methoxy groups -OCH3 is 1. The average molecular weight is 236 g/mol. The van der Waals surface area contributed by atoms with Crippen molar-refractivity contribution in [2.24, 2.45) is 0 Å². The highest BCUT2D eigenvalue weighted by Gasteiger charge is 2.07. The third kappa shape index (κ3) is 2.20. The van der Waals surface area contributed by atoms with Gasteiger partial charge in [-0.2, -0.15) is 0 Å². The maximum Gasteiger partial charge on any atom is 0.161 e. The summed E-state index contributed by atoms with van der Waals surface area (Å²) in [6, 6.07) is 8.22. The van der Waals surface area contributed by atoms with Crippen LogP contribution >= 0.6 is 0 Å². The first-order valence-electron chi connectivity index (χ1n) is 4.94. The smallest absolute Gasteiger partial charge is 0.161 e. The molecule has 0 saturated heterocycles. The summed E-state index contributed by atoms with van der Waals surface area (Å²) in [5.41, 5.74) is 1.15. The van der Waals surface area contributed by atoms with Gasteiger partial charge in [0.1, 0.15) is 0 Å². The number of hydrogen-bond donors (Lipinski definition) is 1. The summed E-state index contributed by atoms with van der Waals surface area (Å²) in [5.74, 6) is -1.51. The van der Waals surface area contributed by atoms with E-state index < -0.39 is 11.6 Å². The molecule has 2 nitrogen and oxygen atoms in total. The van der Waals surface area contributed by atoms with E-state index in [2.05, 4.69) is 0 Å². The Balaban J connectivity index is 2.49. The number of phenols is 1. The fourth-order valence-electron chi connectivity index (χ4n) is 1.53. The lowest BCUT2D eigenvalue weighted by Gasteiger charge is -2.07. The molecule has 2 aromatic carbocycles. The Bertz CT molecular complexity index is 553. The van der Waals surface area contributed by atoms with Crippen molar-refractivity contribution >= 4 is 0 Å². The second-order valence-corrected chi connectivity index (χ2v) is 3.52. The molecule has 88 valence electrons. The molecule has 0 unspecified atom stereocenters. The Hall–Kier alpha value is -2.10. The van der Waals surface area contributed by atoms with Crippen molar-refractivity contribution in [2.75, 3.05) is 7.11 Å². The molecule has 0 amide bonds. The zero-order valence-corrected chi connectivity index (χ0v) is 9.08. The van der Waals surface area contributed by atoms with Crippen molar-refractivity contribution in [3.63, 3.8) is 0 Å². The summed E-state index contributed by atoms with van der Waals surface area (Å²) in [5, 5.41) is 9.42. The Morgan fingerprint density at radius 3 is 2.24 bits per heavy atom. The predicted molar refractivity (Wildman–Crippen MR) is 60.0 cm³/mol. The second kappa shape index (κ2) is 4.41. The monoisotopic (exact) mass is 236 g/mol. The van der Waals surface area contributed by atoms with Crippen LogP contribution in [0.4, 0.5) is 8.78 Å². The Kier molecular flexibility index (Phi) is 2.95. The van der Waals surface area contributed by atoms with E-state index in [0.717, 1.165) is 12.1 Å². The van der Waals surface area contributed by atoms with E-state index in [1.54, 1.807) is 12.1 Å². The van der Waals surface area contributed by atoms with Crippen LogP contribution in [0.3, 0.4) is 0 Å². The first-order valence-corrected chi connectivity index (χ1v) is 4.94. The summed E-state index contributed by atoms with van der Waals surface area (Å²) in [6.07, 6.45) is 0. The molecule has 17 heavy (non-hydrogen) atoms. The maximum atomic E-state index is 13.1. The van der Waals surface area contributed by atoms with Crippen LogP contribution in [-0.4, -0.2) is 12.2 Å². The van der Waals surface area contributed by atoms with Crippen molar-refractivity contribution in [1.29, 1.82) is 0 Å². The van der Waals surface area contributed by atoms with Crippen LogP contribution in [0.1, 0.15) is 0 Å². The van der Waals surface area contributed by atoms with Crippen LogP contribution in [0.25, 0.3) is 11.1 Å². The highest BCUT2D eigenvalue weighted by molar-refractivity contribution is 5.67. The van der Waals surface area contributed by atoms with Crippen LogP contribution in [0.15, 0.2) is 36.4 Å². The molecule has 0 atom stereocenters. The van der Waals surface area contributed by atoms with Crippen LogP contribution < -0.4 is 4.74 Å². The quantitative estimate of drug-likeness (QED) is 0.866. The molecule has 0 aromatic heterocycles. The second-order valence-electron chi connectivity index (χ2n) is 3.52. The van der Waals surface area contributed by atoms with Gasteiger partial charge < -0.3 is 9.84 Å². The van der Waals surface area contributed by atoms with Gasteiger partial charge in [0, 0.05) is 0 Å². The molecule has 0 heterocycles. The van der Waals surface area contributed by atoms with Crippen LogP contribution in [0.2, 0.25) is 0 Å². The van der Waals surface area contributed by atoms with Gasteiger partial charge in [-0.25, -0.2) is 8.78 Å². The molecule has 0 spiro atoms. The van der Waals surface area contributed by atoms with Crippen molar-refractivity contribution in [3.05, 3.63) is 48.0 Å². The van der Waals surface area contributed by atoms with E-state index in [9.17, 15) is 13.9 Å². The summed E-state index contributed by atoms with van der Waals surface area (Å²) in [6.45, 7) is 0. The van der Waals surface area contributed by atoms with E-state index >= 15 is 0 Å². The number of rotatable bonds is 2. The number of benzene rings is 2. The van der Waals surface area contributed by atoms with E-state index in [1.165, 1.54) is 19.2 Å². The third-order valence-corrected chi connectivity index (χ3v) is 2.43. The zero-order chi connectivity index (χ0) is 12.4. The van der Waals surface area contributed by atoms with Crippen molar-refractivity contribution in [3.8, 4) is 22.6 Å². The van der Waals surface area contributed by atoms with E-state index in [4.69, 9.17) is 4.74 Å². The Morgan fingerprint density at radius 1 is 0.941 bits per heavy atom. The largest absolute Gasteiger partial charge is 0.504 e. The molecule has 4 heteroatoms. The van der Waals surface area contributed by atoms with Gasteiger partial charge in [-0.05, 0) is 35.4 Å². The highest BCUT2D eigenvalue weighted by Crippen LogP contribution is 2.31. The van der Waals surface area contributed by atoms with Gasteiger partial charge >= 0.3 is 0 Å². The van der Waals surface area contributed by atoms with Gasteiger partial charge in [-0.3, -0.25) is 0 Å². The van der Waals surface area contributed by atoms with Crippen molar-refractivity contribution < 1.29 is 18.6 Å². The first kappa shape index (κ1) is 11.4. The summed E-state index contributed by atoms with van der Waals surface area (Å²) >= 11 is 0. The van der Waals surface area contributed by atoms with Gasteiger partial charge in [0.15, 0.2) is 23.1 Å². The van der Waals surface area contributed by atoms with E-state index in [-0.39, 0.29) is 11.5 Å². The average Bonchev–Trinajstić information content (AvgIpc) is 2.33. The van der Waals surface area contributed by atoms with Crippen LogP contribution in [0, 0.1) is 11.6 Å². The molecule has 0 aliphatic carbocycles. The van der Waals surface area contributed by atoms with Gasteiger partial charge in [-0.15, -0.1) is 0 Å². The van der Waals surface area contributed by atoms with Crippen molar-refractivity contribution in [2.45, 2.75) is 0 Å². The molecule has 0 aliphatic rings. The molecule has 2 aromatic rings. The summed E-state index contributed by atoms with van der Waals surface area (Å²) in [7, 11) is 1.42. The van der Waals surface area contributed by atoms with E-state index in [0.29, 0.717) is 11.1 Å². The molecule has 0 radical (unpaired) electrons. The zero-order valence-electron chi connectivity index (χ0n) is 9.08. The van der Waals surface area contributed by atoms with Gasteiger partial charge in [0.2, 0.25) is 0 Å². The highest BCUT2D eigenvalue weighted by atomic mass is 19.2. The Labute approximate surface area is 97.1 Å². The fourth-order valence-corrected chi connectivity index (χ4v) is 1.53.